The molecule has 0 aromatic carbocycles. The van der Waals surface area contributed by atoms with Crippen LogP contribution >= 0.6 is 0 Å². The smallest absolute Gasteiger partial charge is 0.247 e. The van der Waals surface area contributed by atoms with Crippen LogP contribution in [0.4, 0.5) is 0 Å². The van der Waals surface area contributed by atoms with E-state index in [-0.39, 0.29) is 30.1 Å². The number of amides is 3. The van der Waals surface area contributed by atoms with Crippen molar-refractivity contribution in [1.29, 1.82) is 0 Å². The molecule has 0 unspecified atom stereocenters. The fraction of sp³-hybridized carbons (Fsp3) is 0.375. The SMILES string of the molecule is CNC(=O)/C=C1/NC(=O)CN1C(C)=O. The summed E-state index contributed by atoms with van der Waals surface area (Å²) in [7, 11) is 1.47. The van der Waals surface area contributed by atoms with Crippen LogP contribution in [0.2, 0.25) is 0 Å². The van der Waals surface area contributed by atoms with Gasteiger partial charge >= 0.3 is 0 Å². The number of carbonyl (C=O) groups excluding carboxylic acids is 3. The Bertz CT molecular complexity index is 322. The Morgan fingerprint density at radius 2 is 2.21 bits per heavy atom. The third-order valence-corrected chi connectivity index (χ3v) is 1.75. The number of likely N-dealkylation sites (N-methyl/N-ethyl adjacent to an activating group) is 1. The van der Waals surface area contributed by atoms with E-state index in [9.17, 15) is 14.4 Å². The molecule has 1 fully saturated rings. The van der Waals surface area contributed by atoms with Gasteiger partial charge in [-0.25, -0.2) is 0 Å². The molecule has 1 aliphatic heterocycles. The zero-order valence-corrected chi connectivity index (χ0v) is 7.96. The summed E-state index contributed by atoms with van der Waals surface area (Å²) in [6.45, 7) is 1.30. The van der Waals surface area contributed by atoms with E-state index in [2.05, 4.69) is 10.6 Å². The molecular weight excluding hydrogens is 186 g/mol. The van der Waals surface area contributed by atoms with Crippen molar-refractivity contribution in [3.63, 3.8) is 0 Å². The van der Waals surface area contributed by atoms with Gasteiger partial charge in [0.05, 0.1) is 0 Å². The van der Waals surface area contributed by atoms with Gasteiger partial charge in [0.15, 0.2) is 0 Å². The molecule has 0 aromatic heterocycles. The minimum atomic E-state index is -0.367. The average Bonchev–Trinajstić information content (AvgIpc) is 2.46. The molecule has 1 heterocycles. The maximum absolute atomic E-state index is 11.0. The molecule has 1 aliphatic rings. The molecule has 6 nitrogen and oxygen atoms in total. The Kier molecular flexibility index (Phi) is 2.85. The van der Waals surface area contributed by atoms with Crippen molar-refractivity contribution in [1.82, 2.24) is 15.5 Å². The number of nitrogens with zero attached hydrogens (tertiary/aromatic N) is 1. The number of nitrogens with one attached hydrogen (secondary N) is 2. The fourth-order valence-electron chi connectivity index (χ4n) is 1.07. The second kappa shape index (κ2) is 3.91. The standard InChI is InChI=1S/C8H11N3O3/c1-5(12)11-4-8(14)10-6(11)3-7(13)9-2/h3H,4H2,1-2H3,(H,9,13)(H,10,14)/b6-3-. The minimum absolute atomic E-state index is 0.0296. The first-order valence-electron chi connectivity index (χ1n) is 4.06. The average molecular weight is 197 g/mol. The normalized spacial score (nSPS) is 18.3. The lowest BCUT2D eigenvalue weighted by atomic mass is 10.4. The molecule has 0 bridgehead atoms. The Labute approximate surface area is 80.9 Å². The molecule has 3 amide bonds. The molecule has 0 saturated carbocycles. The van der Waals surface area contributed by atoms with Gasteiger partial charge in [0.2, 0.25) is 17.7 Å². The Balaban J connectivity index is 2.86. The molecule has 0 aliphatic carbocycles. The van der Waals surface area contributed by atoms with E-state index in [1.165, 1.54) is 24.9 Å². The summed E-state index contributed by atoms with van der Waals surface area (Å²) in [5.41, 5.74) is 0. The van der Waals surface area contributed by atoms with Crippen molar-refractivity contribution in [3.05, 3.63) is 11.9 Å². The highest BCUT2D eigenvalue weighted by molar-refractivity contribution is 5.94. The van der Waals surface area contributed by atoms with Crippen molar-refractivity contribution in [2.75, 3.05) is 13.6 Å². The third-order valence-electron chi connectivity index (χ3n) is 1.75. The summed E-state index contributed by atoms with van der Waals surface area (Å²) >= 11 is 0. The summed E-state index contributed by atoms with van der Waals surface area (Å²) in [6, 6.07) is 0. The monoisotopic (exact) mass is 197 g/mol. The van der Waals surface area contributed by atoms with E-state index in [1.54, 1.807) is 0 Å². The number of hydrogen-bond donors (Lipinski definition) is 2. The van der Waals surface area contributed by atoms with Crippen LogP contribution in [0.5, 0.6) is 0 Å². The first-order valence-corrected chi connectivity index (χ1v) is 4.06. The number of rotatable bonds is 1. The maximum atomic E-state index is 11.0. The molecule has 0 atom stereocenters. The lowest BCUT2D eigenvalue weighted by Gasteiger charge is -2.12. The zero-order chi connectivity index (χ0) is 10.7. The van der Waals surface area contributed by atoms with E-state index in [1.807, 2.05) is 0 Å². The van der Waals surface area contributed by atoms with Gasteiger partial charge in [0.25, 0.3) is 0 Å². The molecule has 0 aromatic rings. The van der Waals surface area contributed by atoms with Gasteiger partial charge in [0.1, 0.15) is 12.4 Å². The summed E-state index contributed by atoms with van der Waals surface area (Å²) in [5, 5.41) is 4.78. The highest BCUT2D eigenvalue weighted by atomic mass is 16.2. The number of hydrogen-bond acceptors (Lipinski definition) is 3. The van der Waals surface area contributed by atoms with Crippen molar-refractivity contribution in [2.24, 2.45) is 0 Å². The Morgan fingerprint density at radius 1 is 1.57 bits per heavy atom. The van der Waals surface area contributed by atoms with E-state index >= 15 is 0 Å². The van der Waals surface area contributed by atoms with E-state index in [0.29, 0.717) is 0 Å². The van der Waals surface area contributed by atoms with Crippen LogP contribution in [0.3, 0.4) is 0 Å². The fourth-order valence-corrected chi connectivity index (χ4v) is 1.07. The second-order valence-corrected chi connectivity index (χ2v) is 2.80. The zero-order valence-electron chi connectivity index (χ0n) is 7.96. The van der Waals surface area contributed by atoms with Crippen molar-refractivity contribution < 1.29 is 14.4 Å². The topological polar surface area (TPSA) is 78.5 Å². The molecule has 1 rings (SSSR count). The molecule has 1 saturated heterocycles. The Hall–Kier alpha value is -1.85. The van der Waals surface area contributed by atoms with Gasteiger partial charge in [-0.1, -0.05) is 0 Å². The first-order chi connectivity index (χ1) is 6.54. The van der Waals surface area contributed by atoms with Crippen LogP contribution < -0.4 is 10.6 Å². The van der Waals surface area contributed by atoms with Gasteiger partial charge < -0.3 is 10.6 Å². The molecule has 0 radical (unpaired) electrons. The first kappa shape index (κ1) is 10.2. The Morgan fingerprint density at radius 3 is 2.71 bits per heavy atom. The van der Waals surface area contributed by atoms with Crippen LogP contribution in [-0.2, 0) is 14.4 Å². The highest BCUT2D eigenvalue weighted by Gasteiger charge is 2.26. The van der Waals surface area contributed by atoms with Crippen molar-refractivity contribution in [2.45, 2.75) is 6.92 Å². The van der Waals surface area contributed by atoms with E-state index in [4.69, 9.17) is 0 Å². The number of carbonyl (C=O) groups is 3. The summed E-state index contributed by atoms with van der Waals surface area (Å²) in [4.78, 5) is 34.2. The summed E-state index contributed by atoms with van der Waals surface area (Å²) in [5.74, 6) is -0.718. The van der Waals surface area contributed by atoms with Gasteiger partial charge in [-0.2, -0.15) is 0 Å². The van der Waals surface area contributed by atoms with Crippen molar-refractivity contribution in [3.8, 4) is 0 Å². The molecule has 6 heteroatoms. The second-order valence-electron chi connectivity index (χ2n) is 2.80. The van der Waals surface area contributed by atoms with E-state index < -0.39 is 0 Å². The van der Waals surface area contributed by atoms with Crippen LogP contribution in [-0.4, -0.2) is 36.2 Å². The molecule has 0 spiro atoms. The molecule has 14 heavy (non-hydrogen) atoms. The van der Waals surface area contributed by atoms with Crippen LogP contribution in [0.25, 0.3) is 0 Å². The van der Waals surface area contributed by atoms with Crippen LogP contribution in [0, 0.1) is 0 Å². The minimum Gasteiger partial charge on any atom is -0.356 e. The predicted molar refractivity (Wildman–Crippen MR) is 47.7 cm³/mol. The lowest BCUT2D eigenvalue weighted by Crippen LogP contribution is -2.27. The lowest BCUT2D eigenvalue weighted by molar-refractivity contribution is -0.128. The van der Waals surface area contributed by atoms with Crippen LogP contribution in [0.1, 0.15) is 6.92 Å². The van der Waals surface area contributed by atoms with Gasteiger partial charge in [0, 0.05) is 20.0 Å². The van der Waals surface area contributed by atoms with E-state index in [0.717, 1.165) is 0 Å². The molecular formula is C8H11N3O3. The van der Waals surface area contributed by atoms with Gasteiger partial charge in [-0.15, -0.1) is 0 Å². The molecule has 2 N–H and O–H groups in total. The summed E-state index contributed by atoms with van der Waals surface area (Å²) < 4.78 is 0. The van der Waals surface area contributed by atoms with Gasteiger partial charge in [-0.05, 0) is 0 Å². The predicted octanol–water partition coefficient (Wildman–Crippen LogP) is -1.45. The summed E-state index contributed by atoms with van der Waals surface area (Å²) in [6.07, 6.45) is 1.17. The van der Waals surface area contributed by atoms with Crippen LogP contribution in [0.15, 0.2) is 11.9 Å². The van der Waals surface area contributed by atoms with Crippen molar-refractivity contribution >= 4 is 17.7 Å². The maximum Gasteiger partial charge on any atom is 0.247 e. The molecule has 76 valence electrons. The third kappa shape index (κ3) is 2.09. The van der Waals surface area contributed by atoms with Gasteiger partial charge in [-0.3, -0.25) is 19.3 Å². The highest BCUT2D eigenvalue weighted by Crippen LogP contribution is 2.07. The largest absolute Gasteiger partial charge is 0.356 e. The quantitative estimate of drug-likeness (QED) is 0.505.